The zero-order valence-corrected chi connectivity index (χ0v) is 20.6. The third-order valence-electron chi connectivity index (χ3n) is 5.26. The molecular formula is C22H35IN4O3. The number of ether oxygens (including phenoxy) is 2. The maximum absolute atomic E-state index is 12.5. The number of hydrogen-bond donors (Lipinski definition) is 1. The number of carbonyl (C=O) groups excluding carboxylic acids is 1. The molecule has 1 aromatic rings. The molecule has 3 rings (SSSR count). The smallest absolute Gasteiger partial charge is 0.251 e. The van der Waals surface area contributed by atoms with Crippen molar-refractivity contribution in [1.82, 2.24) is 15.1 Å². The molecule has 0 radical (unpaired) electrons. The van der Waals surface area contributed by atoms with Crippen LogP contribution in [0.25, 0.3) is 0 Å². The Hall–Kier alpha value is -1.55. The predicted octanol–water partition coefficient (Wildman–Crippen LogP) is 2.67. The third-order valence-corrected chi connectivity index (χ3v) is 5.26. The lowest BCUT2D eigenvalue weighted by Crippen LogP contribution is -2.55. The minimum Gasteiger partial charge on any atom is -0.489 e. The summed E-state index contributed by atoms with van der Waals surface area (Å²) in [7, 11) is 0. The van der Waals surface area contributed by atoms with Gasteiger partial charge in [0.05, 0.1) is 6.54 Å². The number of nitrogens with one attached hydrogen (secondary N) is 1. The highest BCUT2D eigenvalue weighted by Gasteiger charge is 2.30. The van der Waals surface area contributed by atoms with Crippen LogP contribution in [0.3, 0.4) is 0 Å². The molecule has 2 saturated heterocycles. The molecule has 0 spiro atoms. The van der Waals surface area contributed by atoms with Gasteiger partial charge in [-0.15, -0.1) is 24.0 Å². The second kappa shape index (κ2) is 12.3. The van der Waals surface area contributed by atoms with Gasteiger partial charge in [0, 0.05) is 39.3 Å². The second-order valence-electron chi connectivity index (χ2n) is 7.75. The van der Waals surface area contributed by atoms with E-state index in [1.54, 1.807) is 0 Å². The second-order valence-corrected chi connectivity index (χ2v) is 7.75. The lowest BCUT2D eigenvalue weighted by Gasteiger charge is -2.37. The molecule has 2 aliphatic heterocycles. The molecule has 7 nitrogen and oxygen atoms in total. The molecule has 30 heavy (non-hydrogen) atoms. The highest BCUT2D eigenvalue weighted by Crippen LogP contribution is 2.16. The summed E-state index contributed by atoms with van der Waals surface area (Å²) >= 11 is 0. The van der Waals surface area contributed by atoms with Gasteiger partial charge in [0.1, 0.15) is 18.0 Å². The van der Waals surface area contributed by atoms with Crippen LogP contribution in [0.5, 0.6) is 5.75 Å². The molecular weight excluding hydrogens is 495 g/mol. The van der Waals surface area contributed by atoms with Gasteiger partial charge in [-0.3, -0.25) is 4.79 Å². The fourth-order valence-corrected chi connectivity index (χ4v) is 3.71. The lowest BCUT2D eigenvalue weighted by molar-refractivity contribution is -0.142. The maximum atomic E-state index is 12.5. The Morgan fingerprint density at radius 2 is 2.03 bits per heavy atom. The van der Waals surface area contributed by atoms with E-state index in [0.29, 0.717) is 26.2 Å². The van der Waals surface area contributed by atoms with Crippen LogP contribution in [-0.4, -0.2) is 79.7 Å². The van der Waals surface area contributed by atoms with E-state index in [1.807, 2.05) is 30.0 Å². The first kappa shape index (κ1) is 24.7. The Morgan fingerprint density at radius 3 is 2.67 bits per heavy atom. The SMILES string of the molecule is CCNC(=NCC(C)Oc1cccc(C)c1)N1CCN(C(=O)C2CCCO2)CC1.I. The number of hydrogen-bond acceptors (Lipinski definition) is 4. The van der Waals surface area contributed by atoms with E-state index < -0.39 is 0 Å². The molecule has 1 N–H and O–H groups in total. The van der Waals surface area contributed by atoms with Gasteiger partial charge in [-0.25, -0.2) is 4.99 Å². The van der Waals surface area contributed by atoms with Gasteiger partial charge in [-0.1, -0.05) is 12.1 Å². The van der Waals surface area contributed by atoms with Crippen LogP contribution in [0, 0.1) is 6.92 Å². The van der Waals surface area contributed by atoms with Crippen molar-refractivity contribution in [2.75, 3.05) is 45.9 Å². The summed E-state index contributed by atoms with van der Waals surface area (Å²) in [5, 5.41) is 3.37. The Bertz CT molecular complexity index is 701. The molecule has 2 aliphatic rings. The van der Waals surface area contributed by atoms with E-state index in [4.69, 9.17) is 14.5 Å². The fraction of sp³-hybridized carbons (Fsp3) is 0.636. The van der Waals surface area contributed by atoms with Crippen molar-refractivity contribution < 1.29 is 14.3 Å². The summed E-state index contributed by atoms with van der Waals surface area (Å²) in [5.41, 5.74) is 1.18. The van der Waals surface area contributed by atoms with Gasteiger partial charge in [0.2, 0.25) is 0 Å². The van der Waals surface area contributed by atoms with E-state index in [1.165, 1.54) is 5.56 Å². The first-order chi connectivity index (χ1) is 14.1. The number of guanidine groups is 1. The quantitative estimate of drug-likeness (QED) is 0.348. The van der Waals surface area contributed by atoms with E-state index in [-0.39, 0.29) is 42.1 Å². The number of aryl methyl sites for hydroxylation is 1. The van der Waals surface area contributed by atoms with Gasteiger partial charge in [0.25, 0.3) is 5.91 Å². The number of carbonyl (C=O) groups is 1. The highest BCUT2D eigenvalue weighted by atomic mass is 127. The van der Waals surface area contributed by atoms with Crippen LogP contribution in [-0.2, 0) is 9.53 Å². The predicted molar refractivity (Wildman–Crippen MR) is 130 cm³/mol. The van der Waals surface area contributed by atoms with Crippen molar-refractivity contribution in [2.24, 2.45) is 4.99 Å². The lowest BCUT2D eigenvalue weighted by atomic mass is 10.2. The summed E-state index contributed by atoms with van der Waals surface area (Å²) in [4.78, 5) is 21.5. The number of halogens is 1. The van der Waals surface area contributed by atoms with Crippen molar-refractivity contribution in [3.8, 4) is 5.75 Å². The van der Waals surface area contributed by atoms with Crippen LogP contribution in [0.15, 0.2) is 29.3 Å². The Kier molecular flexibility index (Phi) is 10.2. The van der Waals surface area contributed by atoms with E-state index in [2.05, 4.69) is 30.1 Å². The summed E-state index contributed by atoms with van der Waals surface area (Å²) in [6.45, 7) is 11.2. The Labute approximate surface area is 197 Å². The summed E-state index contributed by atoms with van der Waals surface area (Å²) in [5.74, 6) is 1.90. The van der Waals surface area contributed by atoms with Crippen LogP contribution >= 0.6 is 24.0 Å². The molecule has 0 aliphatic carbocycles. The molecule has 1 amide bonds. The third kappa shape index (κ3) is 7.01. The number of piperazine rings is 1. The summed E-state index contributed by atoms with van der Waals surface area (Å²) < 4.78 is 11.5. The van der Waals surface area contributed by atoms with Gasteiger partial charge in [-0.05, 0) is 51.3 Å². The van der Waals surface area contributed by atoms with Gasteiger partial charge >= 0.3 is 0 Å². The monoisotopic (exact) mass is 530 g/mol. The van der Waals surface area contributed by atoms with Crippen molar-refractivity contribution in [2.45, 2.75) is 45.8 Å². The topological polar surface area (TPSA) is 66.4 Å². The highest BCUT2D eigenvalue weighted by molar-refractivity contribution is 14.0. The van der Waals surface area contributed by atoms with Crippen LogP contribution < -0.4 is 10.1 Å². The van der Waals surface area contributed by atoms with E-state index >= 15 is 0 Å². The van der Waals surface area contributed by atoms with Gasteiger partial charge in [0.15, 0.2) is 5.96 Å². The summed E-state index contributed by atoms with van der Waals surface area (Å²) in [6.07, 6.45) is 1.58. The van der Waals surface area contributed by atoms with Crippen molar-refractivity contribution in [3.63, 3.8) is 0 Å². The largest absolute Gasteiger partial charge is 0.489 e. The molecule has 2 atom stereocenters. The van der Waals surface area contributed by atoms with Crippen molar-refractivity contribution >= 4 is 35.8 Å². The molecule has 8 heteroatoms. The van der Waals surface area contributed by atoms with Crippen molar-refractivity contribution in [3.05, 3.63) is 29.8 Å². The molecule has 2 fully saturated rings. The van der Waals surface area contributed by atoms with E-state index in [9.17, 15) is 4.79 Å². The number of amides is 1. The molecule has 0 saturated carbocycles. The van der Waals surface area contributed by atoms with Crippen LogP contribution in [0.4, 0.5) is 0 Å². The molecule has 0 bridgehead atoms. The van der Waals surface area contributed by atoms with Gasteiger partial charge < -0.3 is 24.6 Å². The number of aliphatic imine (C=N–C) groups is 1. The number of rotatable bonds is 6. The van der Waals surface area contributed by atoms with Gasteiger partial charge in [-0.2, -0.15) is 0 Å². The molecule has 168 valence electrons. The minimum atomic E-state index is -0.233. The first-order valence-electron chi connectivity index (χ1n) is 10.7. The average Bonchev–Trinajstić information content (AvgIpc) is 3.25. The molecule has 2 unspecified atom stereocenters. The molecule has 1 aromatic carbocycles. The fourth-order valence-electron chi connectivity index (χ4n) is 3.71. The Balaban J connectivity index is 0.00000320. The van der Waals surface area contributed by atoms with Crippen molar-refractivity contribution in [1.29, 1.82) is 0 Å². The zero-order chi connectivity index (χ0) is 20.6. The zero-order valence-electron chi connectivity index (χ0n) is 18.3. The minimum absolute atomic E-state index is 0. The van der Waals surface area contributed by atoms with Crippen LogP contribution in [0.2, 0.25) is 0 Å². The molecule has 2 heterocycles. The normalized spacial score (nSPS) is 20.5. The number of benzene rings is 1. The van der Waals surface area contributed by atoms with Crippen LogP contribution in [0.1, 0.15) is 32.3 Å². The average molecular weight is 530 g/mol. The Morgan fingerprint density at radius 1 is 1.30 bits per heavy atom. The van der Waals surface area contributed by atoms with E-state index in [0.717, 1.165) is 44.2 Å². The number of nitrogens with zero attached hydrogens (tertiary/aromatic N) is 3. The summed E-state index contributed by atoms with van der Waals surface area (Å²) in [6, 6.07) is 8.07. The first-order valence-corrected chi connectivity index (χ1v) is 10.7. The molecule has 0 aromatic heterocycles. The maximum Gasteiger partial charge on any atom is 0.251 e. The standard InChI is InChI=1S/C22H34N4O3.HI/c1-4-23-22(24-16-18(3)29-19-8-5-7-17(2)15-19)26-12-10-25(11-13-26)21(27)20-9-6-14-28-20;/h5,7-8,15,18,20H,4,6,9-14,16H2,1-3H3,(H,23,24);1H.